The van der Waals surface area contributed by atoms with Crippen LogP contribution >= 0.6 is 0 Å². The van der Waals surface area contributed by atoms with Gasteiger partial charge in [0.15, 0.2) is 5.60 Å². The van der Waals surface area contributed by atoms with Gasteiger partial charge in [0.25, 0.3) is 11.5 Å². The van der Waals surface area contributed by atoms with Crippen LogP contribution in [0.25, 0.3) is 33.1 Å². The van der Waals surface area contributed by atoms with Gasteiger partial charge >= 0.3 is 12.0 Å². The smallest absolute Gasteiger partial charge is 0.343 e. The highest BCUT2D eigenvalue weighted by atomic mass is 16.6. The number of carbonyl (C=O) groups is 2. The minimum absolute atomic E-state index is 0.0219. The second-order valence-electron chi connectivity index (χ2n) is 20.4. The molecule has 0 unspecified atom stereocenters. The first-order valence-corrected chi connectivity index (χ1v) is 26.3. The molecule has 382 valence electrons. The number of amides is 1. The Hall–Kier alpha value is -7.35. The fourth-order valence-corrected chi connectivity index (χ4v) is 12.1. The highest BCUT2D eigenvalue weighted by molar-refractivity contribution is 5.97. The average Bonchev–Trinajstić information content (AvgIpc) is 4.01. The van der Waals surface area contributed by atoms with Crippen molar-refractivity contribution in [2.45, 2.75) is 110 Å². The van der Waals surface area contributed by atoms with Crippen LogP contribution in [0.2, 0.25) is 0 Å². The number of aromatic nitrogens is 4. The molecule has 3 aromatic carbocycles. The van der Waals surface area contributed by atoms with Crippen molar-refractivity contribution < 1.29 is 28.9 Å². The molecule has 2 fully saturated rings. The number of aryl methyl sites for hydroxylation is 2. The number of benzene rings is 3. The predicted octanol–water partition coefficient (Wildman–Crippen LogP) is 7.28. The molecule has 5 aliphatic heterocycles. The highest BCUT2D eigenvalue weighted by Gasteiger charge is 2.46. The van der Waals surface area contributed by atoms with Crippen molar-refractivity contribution in [3.05, 3.63) is 122 Å². The zero-order chi connectivity index (χ0) is 51.4. The number of aliphatic hydroxyl groups is 1. The van der Waals surface area contributed by atoms with E-state index in [1.165, 1.54) is 22.0 Å². The number of cyclic esters (lactones) is 1. The molecular formula is C58H63N9O7. The van der Waals surface area contributed by atoms with E-state index in [1.54, 1.807) is 17.6 Å². The lowest BCUT2D eigenvalue weighted by Gasteiger charge is -2.42. The lowest BCUT2D eigenvalue weighted by molar-refractivity contribution is -0.172. The standard InChI is InChI=1S/C58H63N9O7/c1-6-12-37(32-72-40-18-19-47-43(27-40)41(7-2)44-30-67-50(52(44)60-47)28-46-45(55(67)69)34-73-56(70)58(46,71)8-3)54(68)66-26-25-65(29-38(66)20-22-59)53-42-21-24-64(49-17-10-15-36-14-9-13-35(4)51(36)49)31-48(42)61-57(62-53)74-33-39-16-11-23-63(39)5/h9-10,12-15,17-19,27-28,38-39,71H,6-8,11,16,20-21,23-26,29-34H2,1-5H3/b37-12+/t38-,39-,58-/m0/s1. The minimum Gasteiger partial charge on any atom is -0.489 e. The van der Waals surface area contributed by atoms with E-state index >= 15 is 0 Å². The van der Waals surface area contributed by atoms with Gasteiger partial charge in [-0.2, -0.15) is 15.2 Å². The van der Waals surface area contributed by atoms with Crippen LogP contribution in [-0.4, -0.2) is 111 Å². The Morgan fingerprint density at radius 3 is 2.55 bits per heavy atom. The number of ether oxygens (including phenoxy) is 3. The van der Waals surface area contributed by atoms with Crippen molar-refractivity contribution in [2.24, 2.45) is 0 Å². The van der Waals surface area contributed by atoms with Crippen LogP contribution < -0.4 is 24.8 Å². The molecule has 16 nitrogen and oxygen atoms in total. The van der Waals surface area contributed by atoms with Gasteiger partial charge in [0, 0.05) is 65.4 Å². The number of fused-ring (bicyclic) bond motifs is 7. The van der Waals surface area contributed by atoms with Gasteiger partial charge in [-0.15, -0.1) is 0 Å². The van der Waals surface area contributed by atoms with Crippen molar-refractivity contribution in [1.29, 1.82) is 5.26 Å². The van der Waals surface area contributed by atoms with E-state index in [9.17, 15) is 24.8 Å². The summed E-state index contributed by atoms with van der Waals surface area (Å²) in [4.78, 5) is 65.5. The lowest BCUT2D eigenvalue weighted by Crippen LogP contribution is -2.56. The Bertz CT molecular complexity index is 3380. The quantitative estimate of drug-likeness (QED) is 0.0900. The number of hydrogen-bond acceptors (Lipinski definition) is 14. The van der Waals surface area contributed by atoms with Crippen LogP contribution in [0, 0.1) is 18.3 Å². The summed E-state index contributed by atoms with van der Waals surface area (Å²) in [5.41, 5.74) is 7.09. The second-order valence-corrected chi connectivity index (χ2v) is 20.4. The number of allylic oxidation sites excluding steroid dienone is 1. The Kier molecular flexibility index (Phi) is 13.1. The summed E-state index contributed by atoms with van der Waals surface area (Å²) in [6.45, 7) is 12.3. The number of rotatable bonds is 13. The molecule has 8 heterocycles. The molecule has 1 N–H and O–H groups in total. The first-order valence-electron chi connectivity index (χ1n) is 26.3. The molecule has 1 amide bonds. The van der Waals surface area contributed by atoms with Crippen molar-refractivity contribution in [3.8, 4) is 29.2 Å². The monoisotopic (exact) mass is 997 g/mol. The van der Waals surface area contributed by atoms with Gasteiger partial charge in [-0.25, -0.2) is 9.78 Å². The van der Waals surface area contributed by atoms with Crippen LogP contribution in [0.15, 0.2) is 77.1 Å². The maximum absolute atomic E-state index is 14.7. The maximum Gasteiger partial charge on any atom is 0.343 e. The third-order valence-corrected chi connectivity index (χ3v) is 16.2. The minimum atomic E-state index is -1.91. The fraction of sp³-hybridized carbons (Fsp3) is 0.431. The zero-order valence-corrected chi connectivity index (χ0v) is 42.9. The summed E-state index contributed by atoms with van der Waals surface area (Å²) in [6, 6.07) is 22.9. The lowest BCUT2D eigenvalue weighted by atomic mass is 9.86. The number of piperazine rings is 1. The van der Waals surface area contributed by atoms with E-state index in [-0.39, 0.29) is 48.6 Å². The van der Waals surface area contributed by atoms with Gasteiger partial charge in [-0.3, -0.25) is 9.59 Å². The second kappa shape index (κ2) is 19.8. The van der Waals surface area contributed by atoms with Crippen LogP contribution in [0.3, 0.4) is 0 Å². The van der Waals surface area contributed by atoms with Crippen molar-refractivity contribution in [2.75, 3.05) is 62.8 Å². The summed E-state index contributed by atoms with van der Waals surface area (Å²) in [5.74, 6) is 0.458. The molecule has 2 saturated heterocycles. The summed E-state index contributed by atoms with van der Waals surface area (Å²) >= 11 is 0. The number of carbonyl (C=O) groups excluding carboxylic acids is 2. The van der Waals surface area contributed by atoms with Crippen LogP contribution in [0.5, 0.6) is 11.8 Å². The number of pyridine rings is 2. The molecule has 0 radical (unpaired) electrons. The van der Waals surface area contributed by atoms with Crippen molar-refractivity contribution >= 4 is 45.1 Å². The largest absolute Gasteiger partial charge is 0.489 e. The topological polar surface area (TPSA) is 179 Å². The molecule has 0 spiro atoms. The Labute approximate surface area is 430 Å². The van der Waals surface area contributed by atoms with Gasteiger partial charge in [0.05, 0.1) is 65.4 Å². The van der Waals surface area contributed by atoms with E-state index in [2.05, 4.69) is 78.1 Å². The van der Waals surface area contributed by atoms with Crippen LogP contribution in [0.1, 0.15) is 91.9 Å². The van der Waals surface area contributed by atoms with Gasteiger partial charge in [-0.05, 0) is 106 Å². The number of esters is 1. The normalized spacial score (nSPS) is 20.5. The summed E-state index contributed by atoms with van der Waals surface area (Å²) in [7, 11) is 2.14. The van der Waals surface area contributed by atoms with E-state index < -0.39 is 17.6 Å². The van der Waals surface area contributed by atoms with E-state index in [0.29, 0.717) is 92.5 Å². The van der Waals surface area contributed by atoms with Crippen molar-refractivity contribution in [1.82, 2.24) is 29.3 Å². The van der Waals surface area contributed by atoms with Gasteiger partial charge < -0.3 is 43.5 Å². The molecule has 5 aliphatic rings. The van der Waals surface area contributed by atoms with Gasteiger partial charge in [-0.1, -0.05) is 57.2 Å². The maximum atomic E-state index is 14.7. The number of nitrogens with zero attached hydrogens (tertiary/aromatic N) is 9. The molecule has 0 bridgehead atoms. The van der Waals surface area contributed by atoms with E-state index in [4.69, 9.17) is 29.2 Å². The number of hydrogen-bond donors (Lipinski definition) is 1. The summed E-state index contributed by atoms with van der Waals surface area (Å²) < 4.78 is 19.9. The molecule has 3 atom stereocenters. The fourth-order valence-electron chi connectivity index (χ4n) is 12.1. The third-order valence-electron chi connectivity index (χ3n) is 16.2. The molecule has 0 aliphatic carbocycles. The molecule has 74 heavy (non-hydrogen) atoms. The Morgan fingerprint density at radius 2 is 1.78 bits per heavy atom. The van der Waals surface area contributed by atoms with Gasteiger partial charge in [0.2, 0.25) is 0 Å². The van der Waals surface area contributed by atoms with Crippen molar-refractivity contribution in [3.63, 3.8) is 0 Å². The molecular weight excluding hydrogens is 935 g/mol. The van der Waals surface area contributed by atoms with E-state index in [0.717, 1.165) is 65.9 Å². The van der Waals surface area contributed by atoms with Gasteiger partial charge in [0.1, 0.15) is 31.4 Å². The number of likely N-dealkylation sites (N-methyl/N-ethyl adjacent to an activating group) is 1. The average molecular weight is 998 g/mol. The summed E-state index contributed by atoms with van der Waals surface area (Å²) in [6.07, 6.45) is 6.30. The molecule has 0 saturated carbocycles. The van der Waals surface area contributed by atoms with Crippen LogP contribution in [-0.2, 0) is 52.5 Å². The number of anilines is 2. The zero-order valence-electron chi connectivity index (χ0n) is 42.9. The first-order chi connectivity index (χ1) is 35.9. The van der Waals surface area contributed by atoms with Crippen LogP contribution in [0.4, 0.5) is 11.5 Å². The molecule has 16 heteroatoms. The van der Waals surface area contributed by atoms with E-state index in [1.807, 2.05) is 36.1 Å². The Morgan fingerprint density at radius 1 is 0.946 bits per heavy atom. The predicted molar refractivity (Wildman–Crippen MR) is 282 cm³/mol. The third kappa shape index (κ3) is 8.49. The number of likely N-dealkylation sites (tertiary alicyclic amines) is 1. The first kappa shape index (κ1) is 48.9. The highest BCUT2D eigenvalue weighted by Crippen LogP contribution is 2.42. The molecule has 3 aromatic heterocycles. The SMILES string of the molecule is CC/C=C(\COc1ccc2nc3c(c(CC)c2c1)Cn1c-3cc2c(c1=O)COC(=O)[C@]2(O)CC)C(=O)N1CCN(c2nc(OC[C@@H]3CCCN3C)nc3c2CCN(c2cccc4cccc(C)c24)C3)C[C@@H]1CC#N. The Balaban J connectivity index is 0.834. The molecule has 6 aromatic rings. The molecule has 11 rings (SSSR count). The summed E-state index contributed by atoms with van der Waals surface area (Å²) in [5, 5.41) is 24.9. The number of nitriles is 1.